The molecule has 1 rings (SSSR count). The standard InChI is InChI=1S/C13H18BrNO2/c1-2-3-4-12(15)13(16)17-9-10-5-7-11(14)8-6-10/h5-8,12H,2-4,9,15H2,1H3. The Morgan fingerprint density at radius 3 is 2.65 bits per heavy atom. The predicted octanol–water partition coefficient (Wildman–Crippen LogP) is 3.01. The molecular weight excluding hydrogens is 282 g/mol. The summed E-state index contributed by atoms with van der Waals surface area (Å²) in [5.74, 6) is -0.318. The first-order valence-electron chi connectivity index (χ1n) is 5.80. The molecule has 0 saturated heterocycles. The fourth-order valence-corrected chi connectivity index (χ4v) is 1.65. The predicted molar refractivity (Wildman–Crippen MR) is 71.4 cm³/mol. The van der Waals surface area contributed by atoms with Crippen LogP contribution in [-0.4, -0.2) is 12.0 Å². The number of hydrogen-bond donors (Lipinski definition) is 1. The minimum absolute atomic E-state index is 0.284. The number of ether oxygens (including phenoxy) is 1. The maximum absolute atomic E-state index is 11.5. The van der Waals surface area contributed by atoms with Crippen LogP contribution in [0.3, 0.4) is 0 Å². The summed E-state index contributed by atoms with van der Waals surface area (Å²) in [6.45, 7) is 2.35. The third-order valence-electron chi connectivity index (χ3n) is 2.47. The van der Waals surface area contributed by atoms with Crippen LogP contribution in [0.5, 0.6) is 0 Å². The lowest BCUT2D eigenvalue weighted by Crippen LogP contribution is -2.32. The molecule has 0 aliphatic carbocycles. The third kappa shape index (κ3) is 5.33. The van der Waals surface area contributed by atoms with E-state index in [1.165, 1.54) is 0 Å². The van der Waals surface area contributed by atoms with Crippen LogP contribution in [0.25, 0.3) is 0 Å². The molecule has 3 nitrogen and oxygen atoms in total. The maximum atomic E-state index is 11.5. The van der Waals surface area contributed by atoms with Crippen molar-refractivity contribution in [3.8, 4) is 0 Å². The largest absolute Gasteiger partial charge is 0.460 e. The van der Waals surface area contributed by atoms with Crippen molar-refractivity contribution in [2.75, 3.05) is 0 Å². The highest BCUT2D eigenvalue weighted by Crippen LogP contribution is 2.11. The number of benzene rings is 1. The first-order valence-corrected chi connectivity index (χ1v) is 6.59. The Bertz CT molecular complexity index is 351. The zero-order chi connectivity index (χ0) is 12.7. The Morgan fingerprint density at radius 2 is 2.06 bits per heavy atom. The zero-order valence-electron chi connectivity index (χ0n) is 9.99. The number of carbonyl (C=O) groups is 1. The minimum Gasteiger partial charge on any atom is -0.460 e. The second-order valence-corrected chi connectivity index (χ2v) is 4.90. The number of carbonyl (C=O) groups excluding carboxylic acids is 1. The number of hydrogen-bond acceptors (Lipinski definition) is 3. The number of rotatable bonds is 6. The van der Waals surface area contributed by atoms with Crippen LogP contribution in [0.1, 0.15) is 31.7 Å². The highest BCUT2D eigenvalue weighted by Gasteiger charge is 2.13. The van der Waals surface area contributed by atoms with Crippen molar-refractivity contribution < 1.29 is 9.53 Å². The summed E-state index contributed by atoms with van der Waals surface area (Å²) >= 11 is 3.35. The summed E-state index contributed by atoms with van der Waals surface area (Å²) in [6, 6.07) is 7.16. The lowest BCUT2D eigenvalue weighted by molar-refractivity contribution is -0.146. The third-order valence-corrected chi connectivity index (χ3v) is 2.99. The molecule has 1 atom stereocenters. The van der Waals surface area contributed by atoms with E-state index in [-0.39, 0.29) is 12.6 Å². The fourth-order valence-electron chi connectivity index (χ4n) is 1.38. The van der Waals surface area contributed by atoms with Gasteiger partial charge in [-0.2, -0.15) is 0 Å². The van der Waals surface area contributed by atoms with E-state index in [1.807, 2.05) is 24.3 Å². The molecule has 17 heavy (non-hydrogen) atoms. The zero-order valence-corrected chi connectivity index (χ0v) is 11.6. The summed E-state index contributed by atoms with van der Waals surface area (Å²) in [4.78, 5) is 11.5. The van der Waals surface area contributed by atoms with Crippen molar-refractivity contribution in [2.24, 2.45) is 5.73 Å². The van der Waals surface area contributed by atoms with Gasteiger partial charge < -0.3 is 10.5 Å². The van der Waals surface area contributed by atoms with Gasteiger partial charge in [0.25, 0.3) is 0 Å². The molecule has 0 saturated carbocycles. The van der Waals surface area contributed by atoms with Crippen LogP contribution in [0, 0.1) is 0 Å². The van der Waals surface area contributed by atoms with Crippen molar-refractivity contribution in [3.63, 3.8) is 0 Å². The molecule has 1 aromatic rings. The highest BCUT2D eigenvalue weighted by molar-refractivity contribution is 9.10. The van der Waals surface area contributed by atoms with Gasteiger partial charge >= 0.3 is 5.97 Å². The second kappa shape index (κ2) is 7.45. The van der Waals surface area contributed by atoms with Gasteiger partial charge in [-0.3, -0.25) is 4.79 Å². The molecule has 0 amide bonds. The van der Waals surface area contributed by atoms with Gasteiger partial charge in [-0.25, -0.2) is 0 Å². The summed E-state index contributed by atoms with van der Waals surface area (Å²) in [5.41, 5.74) is 6.67. The number of esters is 1. The second-order valence-electron chi connectivity index (χ2n) is 3.98. The van der Waals surface area contributed by atoms with E-state index in [4.69, 9.17) is 10.5 Å². The lowest BCUT2D eigenvalue weighted by atomic mass is 10.1. The molecule has 0 bridgehead atoms. The molecule has 1 aromatic carbocycles. The van der Waals surface area contributed by atoms with E-state index < -0.39 is 6.04 Å². The Labute approximate surface area is 110 Å². The number of halogens is 1. The Morgan fingerprint density at radius 1 is 1.41 bits per heavy atom. The molecule has 94 valence electrons. The van der Waals surface area contributed by atoms with Crippen molar-refractivity contribution in [1.29, 1.82) is 0 Å². The van der Waals surface area contributed by atoms with Crippen LogP contribution in [0.4, 0.5) is 0 Å². The normalized spacial score (nSPS) is 12.2. The van der Waals surface area contributed by atoms with E-state index in [0.29, 0.717) is 6.42 Å². The molecule has 0 aliphatic heterocycles. The van der Waals surface area contributed by atoms with Gasteiger partial charge in [0.15, 0.2) is 0 Å². The summed E-state index contributed by atoms with van der Waals surface area (Å²) in [5, 5.41) is 0. The SMILES string of the molecule is CCCCC(N)C(=O)OCc1ccc(Br)cc1. The smallest absolute Gasteiger partial charge is 0.323 e. The van der Waals surface area contributed by atoms with Gasteiger partial charge in [0.05, 0.1) is 0 Å². The van der Waals surface area contributed by atoms with Gasteiger partial charge in [-0.15, -0.1) is 0 Å². The fraction of sp³-hybridized carbons (Fsp3) is 0.462. The van der Waals surface area contributed by atoms with Gasteiger partial charge in [0.1, 0.15) is 12.6 Å². The molecule has 4 heteroatoms. The summed E-state index contributed by atoms with van der Waals surface area (Å²) in [6.07, 6.45) is 2.68. The summed E-state index contributed by atoms with van der Waals surface area (Å²) in [7, 11) is 0. The molecule has 0 spiro atoms. The monoisotopic (exact) mass is 299 g/mol. The van der Waals surface area contributed by atoms with Crippen molar-refractivity contribution in [3.05, 3.63) is 34.3 Å². The number of nitrogens with two attached hydrogens (primary N) is 1. The topological polar surface area (TPSA) is 52.3 Å². The van der Waals surface area contributed by atoms with E-state index in [0.717, 1.165) is 22.9 Å². The summed E-state index contributed by atoms with van der Waals surface area (Å²) < 4.78 is 6.15. The molecule has 2 N–H and O–H groups in total. The van der Waals surface area contributed by atoms with Crippen LogP contribution >= 0.6 is 15.9 Å². The van der Waals surface area contributed by atoms with Crippen LogP contribution in [0.15, 0.2) is 28.7 Å². The first-order chi connectivity index (χ1) is 8.13. The molecule has 1 unspecified atom stereocenters. The van der Waals surface area contributed by atoms with Gasteiger partial charge in [-0.05, 0) is 24.1 Å². The van der Waals surface area contributed by atoms with E-state index in [2.05, 4.69) is 22.9 Å². The molecule has 0 aromatic heterocycles. The molecule has 0 heterocycles. The molecule has 0 aliphatic rings. The van der Waals surface area contributed by atoms with Gasteiger partial charge in [-0.1, -0.05) is 47.8 Å². The van der Waals surface area contributed by atoms with E-state index in [1.54, 1.807) is 0 Å². The average molecular weight is 300 g/mol. The Balaban J connectivity index is 2.34. The molecule has 0 fully saturated rings. The first kappa shape index (κ1) is 14.2. The quantitative estimate of drug-likeness (QED) is 0.822. The van der Waals surface area contributed by atoms with Crippen molar-refractivity contribution in [1.82, 2.24) is 0 Å². The van der Waals surface area contributed by atoms with Gasteiger partial charge in [0, 0.05) is 4.47 Å². The lowest BCUT2D eigenvalue weighted by Gasteiger charge is -2.10. The molecule has 0 radical (unpaired) electrons. The molecular formula is C13H18BrNO2. The maximum Gasteiger partial charge on any atom is 0.323 e. The van der Waals surface area contributed by atoms with E-state index >= 15 is 0 Å². The Hall–Kier alpha value is -0.870. The van der Waals surface area contributed by atoms with Gasteiger partial charge in [0.2, 0.25) is 0 Å². The van der Waals surface area contributed by atoms with Crippen molar-refractivity contribution >= 4 is 21.9 Å². The van der Waals surface area contributed by atoms with Crippen LogP contribution in [-0.2, 0) is 16.1 Å². The minimum atomic E-state index is -0.495. The van der Waals surface area contributed by atoms with Crippen molar-refractivity contribution in [2.45, 2.75) is 38.8 Å². The van der Waals surface area contributed by atoms with Crippen LogP contribution < -0.4 is 5.73 Å². The van der Waals surface area contributed by atoms with E-state index in [9.17, 15) is 4.79 Å². The Kier molecular flexibility index (Phi) is 6.22. The highest BCUT2D eigenvalue weighted by atomic mass is 79.9. The van der Waals surface area contributed by atoms with Crippen LogP contribution in [0.2, 0.25) is 0 Å². The number of unbranched alkanes of at least 4 members (excludes halogenated alkanes) is 1. The average Bonchev–Trinajstić information content (AvgIpc) is 2.34.